The fourth-order valence-electron chi connectivity index (χ4n) is 5.37. The largest absolute Gasteiger partial charge is 0.462 e. The SMILES string of the molecule is CCCOC(=O)c1ccccc1C(=O)OC1C2CC3CC(C2)CC1C3. The highest BCUT2D eigenvalue weighted by molar-refractivity contribution is 6.03. The molecule has 4 aliphatic carbocycles. The summed E-state index contributed by atoms with van der Waals surface area (Å²) in [5.74, 6) is 1.89. The molecule has 25 heavy (non-hydrogen) atoms. The molecule has 0 radical (unpaired) electrons. The predicted octanol–water partition coefficient (Wildman–Crippen LogP) is 4.23. The van der Waals surface area contributed by atoms with Gasteiger partial charge in [0.1, 0.15) is 6.10 Å². The van der Waals surface area contributed by atoms with E-state index in [9.17, 15) is 9.59 Å². The summed E-state index contributed by atoms with van der Waals surface area (Å²) in [6.45, 7) is 2.30. The number of hydrogen-bond donors (Lipinski definition) is 0. The minimum atomic E-state index is -0.445. The van der Waals surface area contributed by atoms with Crippen molar-refractivity contribution in [2.75, 3.05) is 6.61 Å². The van der Waals surface area contributed by atoms with Gasteiger partial charge in [-0.25, -0.2) is 9.59 Å². The first-order valence-corrected chi connectivity index (χ1v) is 9.62. The molecular formula is C21H26O4. The molecule has 4 saturated carbocycles. The Hall–Kier alpha value is -1.84. The third-order valence-electron chi connectivity index (χ3n) is 6.19. The summed E-state index contributed by atoms with van der Waals surface area (Å²) in [5, 5.41) is 0. The van der Waals surface area contributed by atoms with Gasteiger partial charge in [-0.2, -0.15) is 0 Å². The van der Waals surface area contributed by atoms with E-state index in [2.05, 4.69) is 0 Å². The van der Waals surface area contributed by atoms with Crippen LogP contribution in [-0.4, -0.2) is 24.6 Å². The number of hydrogen-bond acceptors (Lipinski definition) is 4. The molecule has 0 N–H and O–H groups in total. The lowest BCUT2D eigenvalue weighted by atomic mass is 9.55. The highest BCUT2D eigenvalue weighted by Gasteiger charge is 2.50. The Bertz CT molecular complexity index is 638. The molecule has 0 saturated heterocycles. The van der Waals surface area contributed by atoms with Crippen LogP contribution in [0.15, 0.2) is 24.3 Å². The molecule has 134 valence electrons. The summed E-state index contributed by atoms with van der Waals surface area (Å²) < 4.78 is 11.2. The predicted molar refractivity (Wildman–Crippen MR) is 93.3 cm³/mol. The van der Waals surface area contributed by atoms with E-state index in [0.29, 0.717) is 29.6 Å². The third-order valence-corrected chi connectivity index (χ3v) is 6.19. The second-order valence-corrected chi connectivity index (χ2v) is 7.98. The summed E-state index contributed by atoms with van der Waals surface area (Å²) in [5.41, 5.74) is 0.641. The standard InChI is InChI=1S/C21H26O4/c1-2-7-24-20(22)17-5-3-4-6-18(17)21(23)25-19-15-9-13-8-14(11-15)12-16(19)10-13/h3-6,13-16,19H,2,7-12H2,1H3. The maximum atomic E-state index is 12.8. The van der Waals surface area contributed by atoms with Gasteiger partial charge in [0.05, 0.1) is 17.7 Å². The van der Waals surface area contributed by atoms with E-state index in [1.165, 1.54) is 32.1 Å². The quantitative estimate of drug-likeness (QED) is 0.751. The van der Waals surface area contributed by atoms with Crippen molar-refractivity contribution in [1.29, 1.82) is 0 Å². The van der Waals surface area contributed by atoms with Gasteiger partial charge in [-0.05, 0) is 74.3 Å². The summed E-state index contributed by atoms with van der Waals surface area (Å²) in [7, 11) is 0. The lowest BCUT2D eigenvalue weighted by molar-refractivity contribution is -0.101. The normalized spacial score (nSPS) is 32.4. The summed E-state index contributed by atoms with van der Waals surface area (Å²) in [6, 6.07) is 6.83. The molecule has 4 aliphatic rings. The highest BCUT2D eigenvalue weighted by Crippen LogP contribution is 2.54. The van der Waals surface area contributed by atoms with E-state index in [-0.39, 0.29) is 12.1 Å². The van der Waals surface area contributed by atoms with Crippen LogP contribution in [0.4, 0.5) is 0 Å². The van der Waals surface area contributed by atoms with E-state index in [4.69, 9.17) is 9.47 Å². The number of esters is 2. The zero-order valence-corrected chi connectivity index (χ0v) is 14.8. The van der Waals surface area contributed by atoms with Gasteiger partial charge in [0.25, 0.3) is 0 Å². The highest BCUT2D eigenvalue weighted by atomic mass is 16.5. The van der Waals surface area contributed by atoms with Gasteiger partial charge in [-0.3, -0.25) is 0 Å². The Balaban J connectivity index is 1.49. The zero-order chi connectivity index (χ0) is 17.4. The molecule has 4 bridgehead atoms. The maximum absolute atomic E-state index is 12.8. The van der Waals surface area contributed by atoms with Crippen molar-refractivity contribution in [3.05, 3.63) is 35.4 Å². The van der Waals surface area contributed by atoms with Crippen molar-refractivity contribution >= 4 is 11.9 Å². The van der Waals surface area contributed by atoms with Crippen LogP contribution in [0.5, 0.6) is 0 Å². The average Bonchev–Trinajstić information content (AvgIpc) is 2.62. The summed E-state index contributed by atoms with van der Waals surface area (Å²) in [4.78, 5) is 25.0. The first kappa shape index (κ1) is 16.6. The second-order valence-electron chi connectivity index (χ2n) is 7.98. The van der Waals surface area contributed by atoms with Crippen LogP contribution < -0.4 is 0 Å². The van der Waals surface area contributed by atoms with E-state index in [1.807, 2.05) is 6.92 Å². The molecule has 0 unspecified atom stereocenters. The van der Waals surface area contributed by atoms with Crippen molar-refractivity contribution in [3.8, 4) is 0 Å². The topological polar surface area (TPSA) is 52.6 Å². The zero-order valence-electron chi connectivity index (χ0n) is 14.8. The molecule has 5 rings (SSSR count). The van der Waals surface area contributed by atoms with E-state index in [0.717, 1.165) is 18.3 Å². The molecule has 4 heteroatoms. The third kappa shape index (κ3) is 3.19. The molecular weight excluding hydrogens is 316 g/mol. The van der Waals surface area contributed by atoms with Crippen LogP contribution in [0.3, 0.4) is 0 Å². The lowest BCUT2D eigenvalue weighted by Crippen LogP contribution is -2.50. The lowest BCUT2D eigenvalue weighted by Gasteiger charge is -2.53. The number of carbonyl (C=O) groups excluding carboxylic acids is 2. The van der Waals surface area contributed by atoms with Crippen molar-refractivity contribution in [1.82, 2.24) is 0 Å². The number of benzene rings is 1. The van der Waals surface area contributed by atoms with Crippen LogP contribution >= 0.6 is 0 Å². The molecule has 4 nitrogen and oxygen atoms in total. The van der Waals surface area contributed by atoms with Gasteiger partial charge in [-0.1, -0.05) is 19.1 Å². The minimum Gasteiger partial charge on any atom is -0.462 e. The van der Waals surface area contributed by atoms with Crippen LogP contribution in [-0.2, 0) is 9.47 Å². The van der Waals surface area contributed by atoms with Gasteiger partial charge >= 0.3 is 11.9 Å². The van der Waals surface area contributed by atoms with Crippen LogP contribution in [0.1, 0.15) is 66.2 Å². The van der Waals surface area contributed by atoms with E-state index >= 15 is 0 Å². The van der Waals surface area contributed by atoms with Gasteiger partial charge in [-0.15, -0.1) is 0 Å². The molecule has 4 fully saturated rings. The van der Waals surface area contributed by atoms with Gasteiger partial charge < -0.3 is 9.47 Å². The summed E-state index contributed by atoms with van der Waals surface area (Å²) >= 11 is 0. The van der Waals surface area contributed by atoms with Crippen molar-refractivity contribution in [2.24, 2.45) is 23.7 Å². The van der Waals surface area contributed by atoms with Gasteiger partial charge in [0, 0.05) is 0 Å². The smallest absolute Gasteiger partial charge is 0.339 e. The first-order chi connectivity index (χ1) is 12.2. The van der Waals surface area contributed by atoms with Gasteiger partial charge in [0.15, 0.2) is 0 Å². The summed E-state index contributed by atoms with van der Waals surface area (Å²) in [6.07, 6.45) is 6.96. The molecule has 0 aromatic heterocycles. The minimum absolute atomic E-state index is 0.0278. The molecule has 0 aliphatic heterocycles. The van der Waals surface area contributed by atoms with Crippen molar-refractivity contribution in [3.63, 3.8) is 0 Å². The Morgan fingerprint density at radius 2 is 1.48 bits per heavy atom. The first-order valence-electron chi connectivity index (χ1n) is 9.62. The van der Waals surface area contributed by atoms with Crippen molar-refractivity contribution in [2.45, 2.75) is 51.6 Å². The average molecular weight is 342 g/mol. The monoisotopic (exact) mass is 342 g/mol. The number of carbonyl (C=O) groups is 2. The Labute approximate surface area is 148 Å². The maximum Gasteiger partial charge on any atom is 0.339 e. The van der Waals surface area contributed by atoms with Crippen LogP contribution in [0.2, 0.25) is 0 Å². The van der Waals surface area contributed by atoms with Crippen LogP contribution in [0.25, 0.3) is 0 Å². The van der Waals surface area contributed by atoms with Crippen molar-refractivity contribution < 1.29 is 19.1 Å². The number of rotatable bonds is 5. The molecule has 1 aromatic carbocycles. The van der Waals surface area contributed by atoms with E-state index < -0.39 is 5.97 Å². The second kappa shape index (κ2) is 6.81. The molecule has 0 amide bonds. The van der Waals surface area contributed by atoms with E-state index in [1.54, 1.807) is 24.3 Å². The fourth-order valence-corrected chi connectivity index (χ4v) is 5.37. The Kier molecular flexibility index (Phi) is 4.53. The molecule has 0 atom stereocenters. The Morgan fingerprint density at radius 3 is 2.04 bits per heavy atom. The molecule has 1 aromatic rings. The molecule has 0 heterocycles. The van der Waals surface area contributed by atoms with Gasteiger partial charge in [0.2, 0.25) is 0 Å². The molecule has 0 spiro atoms. The Morgan fingerprint density at radius 1 is 0.920 bits per heavy atom. The fraction of sp³-hybridized carbons (Fsp3) is 0.619. The van der Waals surface area contributed by atoms with Crippen LogP contribution in [0, 0.1) is 23.7 Å². The number of ether oxygens (including phenoxy) is 2.